The molecule has 0 amide bonds. The summed E-state index contributed by atoms with van der Waals surface area (Å²) in [6.45, 7) is 0. The molecule has 2 heteroatoms. The van der Waals surface area contributed by atoms with Crippen LogP contribution in [0.2, 0.25) is 0 Å². The molecule has 0 bridgehead atoms. The van der Waals surface area contributed by atoms with Crippen molar-refractivity contribution >= 4 is 43.1 Å². The Balaban J connectivity index is 1.99. The molecule has 0 saturated carbocycles. The largest absolute Gasteiger partial charge is 0.273 e. The van der Waals surface area contributed by atoms with Gasteiger partial charge in [0, 0.05) is 5.56 Å². The first-order valence-electron chi connectivity index (χ1n) is 7.91. The van der Waals surface area contributed by atoms with E-state index >= 15 is 0 Å². The molecule has 0 spiro atoms. The van der Waals surface area contributed by atoms with Gasteiger partial charge in [0.25, 0.3) is 0 Å². The molecule has 1 atom stereocenters. The zero-order valence-corrected chi connectivity index (χ0v) is 12.3. The monoisotopic (exact) mass is 295 g/mol. The number of hydrogen-bond donors (Lipinski definition) is 1. The Hall–Kier alpha value is -2.68. The molecule has 1 N–H and O–H groups in total. The van der Waals surface area contributed by atoms with E-state index in [2.05, 4.69) is 72.2 Å². The fourth-order valence-corrected chi connectivity index (χ4v) is 4.06. The smallest absolute Gasteiger partial charge is 0.177 e. The lowest BCUT2D eigenvalue weighted by atomic mass is 9.88. The second-order valence-corrected chi connectivity index (χ2v) is 6.26. The van der Waals surface area contributed by atoms with Crippen LogP contribution in [0, 0.1) is 0 Å². The van der Waals surface area contributed by atoms with Gasteiger partial charge in [-0.15, -0.1) is 0 Å². The van der Waals surface area contributed by atoms with Crippen LogP contribution in [0.5, 0.6) is 0 Å². The summed E-state index contributed by atoms with van der Waals surface area (Å²) >= 11 is 0. The van der Waals surface area contributed by atoms with Gasteiger partial charge < -0.3 is 0 Å². The lowest BCUT2D eigenvalue weighted by molar-refractivity contribution is 0.375. The molecule has 1 aliphatic rings. The van der Waals surface area contributed by atoms with E-state index in [0.717, 1.165) is 0 Å². The Morgan fingerprint density at radius 3 is 1.87 bits per heavy atom. The van der Waals surface area contributed by atoms with Gasteiger partial charge in [0.1, 0.15) is 0 Å². The van der Waals surface area contributed by atoms with Gasteiger partial charge in [0.05, 0.1) is 0 Å². The van der Waals surface area contributed by atoms with E-state index < -0.39 is 0 Å². The van der Waals surface area contributed by atoms with Crippen LogP contribution in [0.4, 0.5) is 0 Å². The summed E-state index contributed by atoms with van der Waals surface area (Å²) in [4.78, 5) is 5.31. The Bertz CT molecular complexity index is 1170. The van der Waals surface area contributed by atoms with Gasteiger partial charge in [-0.05, 0) is 43.1 Å². The summed E-state index contributed by atoms with van der Waals surface area (Å²) in [6, 6.07) is 24.2. The first-order valence-corrected chi connectivity index (χ1v) is 7.91. The third-order valence-corrected chi connectivity index (χ3v) is 5.08. The van der Waals surface area contributed by atoms with Gasteiger partial charge in [-0.1, -0.05) is 66.7 Å². The van der Waals surface area contributed by atoms with E-state index in [0.29, 0.717) is 0 Å². The van der Waals surface area contributed by atoms with Gasteiger partial charge in [0.15, 0.2) is 6.23 Å². The van der Waals surface area contributed by atoms with E-state index in [1.54, 1.807) is 0 Å². The van der Waals surface area contributed by atoms with E-state index in [4.69, 9.17) is 4.84 Å². The van der Waals surface area contributed by atoms with Crippen LogP contribution in [0.15, 0.2) is 66.7 Å². The van der Waals surface area contributed by atoms with E-state index in [1.165, 1.54) is 48.7 Å². The SMILES string of the molecule is c1cc2cccc3c4ccc(C5NO5)c5cccc(c(c1)c23)c54. The average Bonchev–Trinajstić information content (AvgIpc) is 3.44. The van der Waals surface area contributed by atoms with Crippen LogP contribution in [0.1, 0.15) is 11.8 Å². The van der Waals surface area contributed by atoms with Crippen molar-refractivity contribution in [2.45, 2.75) is 6.23 Å². The summed E-state index contributed by atoms with van der Waals surface area (Å²) in [6.07, 6.45) is 0.0345. The number of hydrogen-bond acceptors (Lipinski definition) is 2. The first-order chi connectivity index (χ1) is 11.4. The van der Waals surface area contributed by atoms with Gasteiger partial charge in [0.2, 0.25) is 0 Å². The molecule has 1 saturated heterocycles. The number of nitrogens with one attached hydrogen (secondary N) is 1. The minimum atomic E-state index is 0.0345. The van der Waals surface area contributed by atoms with Crippen molar-refractivity contribution in [1.82, 2.24) is 5.48 Å². The van der Waals surface area contributed by atoms with Crippen LogP contribution < -0.4 is 5.48 Å². The van der Waals surface area contributed by atoms with Crippen LogP contribution in [-0.2, 0) is 4.84 Å². The lowest BCUT2D eigenvalue weighted by Crippen LogP contribution is -1.91. The highest BCUT2D eigenvalue weighted by Gasteiger charge is 2.27. The molecule has 5 aromatic rings. The van der Waals surface area contributed by atoms with Crippen LogP contribution in [0.3, 0.4) is 0 Å². The predicted octanol–water partition coefficient (Wildman–Crippen LogP) is 5.27. The number of fused-ring (bicyclic) bond motifs is 2. The van der Waals surface area contributed by atoms with E-state index in [1.807, 2.05) is 0 Å². The maximum Gasteiger partial charge on any atom is 0.177 e. The summed E-state index contributed by atoms with van der Waals surface area (Å²) in [5.41, 5.74) is 4.18. The zero-order chi connectivity index (χ0) is 15.0. The summed E-state index contributed by atoms with van der Waals surface area (Å²) in [5, 5.41) is 10.6. The number of rotatable bonds is 1. The van der Waals surface area contributed by atoms with Gasteiger partial charge in [-0.25, -0.2) is 0 Å². The molecule has 1 aliphatic heterocycles. The third kappa shape index (κ3) is 1.45. The average molecular weight is 295 g/mol. The molecule has 1 fully saturated rings. The summed E-state index contributed by atoms with van der Waals surface area (Å²) < 4.78 is 0. The second-order valence-electron chi connectivity index (χ2n) is 6.26. The van der Waals surface area contributed by atoms with Crippen molar-refractivity contribution in [3.05, 3.63) is 72.3 Å². The topological polar surface area (TPSA) is 34.5 Å². The molecule has 0 radical (unpaired) electrons. The lowest BCUT2D eigenvalue weighted by Gasteiger charge is -2.15. The highest BCUT2D eigenvalue weighted by Crippen LogP contribution is 2.42. The van der Waals surface area contributed by atoms with Gasteiger partial charge in [-0.3, -0.25) is 4.84 Å². The van der Waals surface area contributed by atoms with Crippen LogP contribution >= 0.6 is 0 Å². The Labute approximate surface area is 132 Å². The van der Waals surface area contributed by atoms with Crippen LogP contribution in [-0.4, -0.2) is 0 Å². The third-order valence-electron chi connectivity index (χ3n) is 5.08. The Kier molecular flexibility index (Phi) is 2.05. The van der Waals surface area contributed by atoms with E-state index in [9.17, 15) is 0 Å². The summed E-state index contributed by atoms with van der Waals surface area (Å²) in [7, 11) is 0. The van der Waals surface area contributed by atoms with Crippen molar-refractivity contribution < 1.29 is 4.84 Å². The molecule has 0 aliphatic carbocycles. The van der Waals surface area contributed by atoms with Crippen LogP contribution in [0.25, 0.3) is 43.1 Å². The molecule has 6 rings (SSSR count). The fraction of sp³-hybridized carbons (Fsp3) is 0.0476. The molecule has 1 heterocycles. The van der Waals surface area contributed by atoms with E-state index in [-0.39, 0.29) is 6.23 Å². The number of hydroxylamine groups is 1. The van der Waals surface area contributed by atoms with Crippen molar-refractivity contribution in [3.8, 4) is 0 Å². The van der Waals surface area contributed by atoms with Gasteiger partial charge in [-0.2, -0.15) is 5.48 Å². The highest BCUT2D eigenvalue weighted by atomic mass is 16.8. The maximum atomic E-state index is 5.31. The molecule has 2 nitrogen and oxygen atoms in total. The molecule has 1 unspecified atom stereocenters. The quantitative estimate of drug-likeness (QED) is 0.260. The van der Waals surface area contributed by atoms with Crippen molar-refractivity contribution in [3.63, 3.8) is 0 Å². The normalized spacial score (nSPS) is 17.7. The van der Waals surface area contributed by atoms with Gasteiger partial charge >= 0.3 is 0 Å². The van der Waals surface area contributed by atoms with Crippen molar-refractivity contribution in [1.29, 1.82) is 0 Å². The minimum absolute atomic E-state index is 0.0345. The molecular formula is C21H13NO. The van der Waals surface area contributed by atoms with Crippen molar-refractivity contribution in [2.24, 2.45) is 0 Å². The molecule has 23 heavy (non-hydrogen) atoms. The fourth-order valence-electron chi connectivity index (χ4n) is 4.06. The minimum Gasteiger partial charge on any atom is -0.273 e. The second kappa shape index (κ2) is 3.99. The molecule has 108 valence electrons. The first kappa shape index (κ1) is 11.8. The standard InChI is InChI=1S/C21H13NO/c1-4-12-5-2-7-14-17-10-11-18(21-22-23-21)16-9-3-8-15(20(16)17)13(6-1)19(12)14/h1-11,21-22H. The summed E-state index contributed by atoms with van der Waals surface area (Å²) in [5.74, 6) is 0. The Morgan fingerprint density at radius 1 is 0.609 bits per heavy atom. The van der Waals surface area contributed by atoms with Crippen molar-refractivity contribution in [2.75, 3.05) is 0 Å². The number of benzene rings is 5. The predicted molar refractivity (Wildman–Crippen MR) is 94.6 cm³/mol. The molecule has 0 aromatic heterocycles. The molecular weight excluding hydrogens is 282 g/mol. The highest BCUT2D eigenvalue weighted by molar-refractivity contribution is 6.33. The Morgan fingerprint density at radius 2 is 1.17 bits per heavy atom. The maximum absolute atomic E-state index is 5.31. The zero-order valence-electron chi connectivity index (χ0n) is 12.3. The molecule has 5 aromatic carbocycles.